The molecule has 1 N–H and O–H groups in total. The number of aromatic nitrogens is 3. The third-order valence-corrected chi connectivity index (χ3v) is 5.05. The second-order valence-electron chi connectivity index (χ2n) is 6.57. The monoisotopic (exact) mass is 293 g/mol. The number of rotatable bonds is 1. The number of aromatic amines is 1. The van der Waals surface area contributed by atoms with Gasteiger partial charge in [-0.3, -0.25) is 4.98 Å². The van der Waals surface area contributed by atoms with Gasteiger partial charge in [-0.15, -0.1) is 0 Å². The van der Waals surface area contributed by atoms with Crippen LogP contribution in [0.1, 0.15) is 63.0 Å². The molecule has 0 spiro atoms. The van der Waals surface area contributed by atoms with E-state index in [0.29, 0.717) is 5.92 Å². The lowest BCUT2D eigenvalue weighted by Crippen LogP contribution is -2.01. The van der Waals surface area contributed by atoms with Gasteiger partial charge in [0.25, 0.3) is 0 Å². The van der Waals surface area contributed by atoms with Gasteiger partial charge in [-0.2, -0.15) is 0 Å². The van der Waals surface area contributed by atoms with Crippen molar-refractivity contribution in [2.75, 3.05) is 0 Å². The summed E-state index contributed by atoms with van der Waals surface area (Å²) in [5.74, 6) is 0.632. The standard InChI is InChI=1S/C19H23N3/c1-2-4-6-8-14(7-5-3-1)17-10-9-15-16-13-20-12-11-18(16)22-19(15)21-17/h9-14H,1-8H2,(H,21,22). The van der Waals surface area contributed by atoms with Crippen molar-refractivity contribution in [2.45, 2.75) is 57.3 Å². The van der Waals surface area contributed by atoms with Crippen LogP contribution in [0.15, 0.2) is 30.6 Å². The van der Waals surface area contributed by atoms with Gasteiger partial charge in [-0.05, 0) is 31.0 Å². The Bertz CT molecular complexity index is 765. The van der Waals surface area contributed by atoms with E-state index in [4.69, 9.17) is 4.98 Å². The fourth-order valence-electron chi connectivity index (χ4n) is 3.79. The highest BCUT2D eigenvalue weighted by atomic mass is 14.9. The predicted octanol–water partition coefficient (Wildman–Crippen LogP) is 5.33. The number of hydrogen-bond acceptors (Lipinski definition) is 2. The maximum absolute atomic E-state index is 4.96. The number of pyridine rings is 2. The maximum atomic E-state index is 4.96. The van der Waals surface area contributed by atoms with Crippen LogP contribution in [0.3, 0.4) is 0 Å². The predicted molar refractivity (Wildman–Crippen MR) is 91.1 cm³/mol. The zero-order chi connectivity index (χ0) is 14.8. The quantitative estimate of drug-likeness (QED) is 0.659. The molecule has 0 aliphatic heterocycles. The van der Waals surface area contributed by atoms with E-state index in [2.05, 4.69) is 22.1 Å². The summed E-state index contributed by atoms with van der Waals surface area (Å²) < 4.78 is 0. The molecule has 0 saturated heterocycles. The lowest BCUT2D eigenvalue weighted by molar-refractivity contribution is 0.530. The first-order chi connectivity index (χ1) is 10.9. The highest BCUT2D eigenvalue weighted by Crippen LogP contribution is 2.31. The fraction of sp³-hybridized carbons (Fsp3) is 0.474. The Morgan fingerprint density at radius 1 is 0.864 bits per heavy atom. The normalized spacial score (nSPS) is 18.2. The molecule has 0 bridgehead atoms. The molecule has 114 valence electrons. The zero-order valence-corrected chi connectivity index (χ0v) is 13.0. The molecular formula is C19H23N3. The van der Waals surface area contributed by atoms with Crippen molar-refractivity contribution in [2.24, 2.45) is 0 Å². The van der Waals surface area contributed by atoms with E-state index in [1.165, 1.54) is 67.8 Å². The van der Waals surface area contributed by atoms with Crippen LogP contribution >= 0.6 is 0 Å². The Kier molecular flexibility index (Phi) is 3.79. The minimum absolute atomic E-state index is 0.632. The van der Waals surface area contributed by atoms with Crippen molar-refractivity contribution in [1.29, 1.82) is 0 Å². The van der Waals surface area contributed by atoms with Crippen LogP contribution in [-0.2, 0) is 0 Å². The van der Waals surface area contributed by atoms with Gasteiger partial charge in [-0.25, -0.2) is 4.98 Å². The van der Waals surface area contributed by atoms with Crippen molar-refractivity contribution >= 4 is 21.9 Å². The second kappa shape index (κ2) is 6.07. The van der Waals surface area contributed by atoms with E-state index < -0.39 is 0 Å². The molecule has 3 aromatic heterocycles. The second-order valence-corrected chi connectivity index (χ2v) is 6.57. The third-order valence-electron chi connectivity index (χ3n) is 5.05. The van der Waals surface area contributed by atoms with Gasteiger partial charge < -0.3 is 4.98 Å². The zero-order valence-electron chi connectivity index (χ0n) is 13.0. The summed E-state index contributed by atoms with van der Waals surface area (Å²) in [6.45, 7) is 0. The number of hydrogen-bond donors (Lipinski definition) is 1. The van der Waals surface area contributed by atoms with E-state index >= 15 is 0 Å². The van der Waals surface area contributed by atoms with Crippen molar-refractivity contribution in [3.63, 3.8) is 0 Å². The van der Waals surface area contributed by atoms with Gasteiger partial charge in [-0.1, -0.05) is 38.5 Å². The van der Waals surface area contributed by atoms with Gasteiger partial charge in [0.2, 0.25) is 0 Å². The highest BCUT2D eigenvalue weighted by molar-refractivity contribution is 6.05. The molecule has 3 heteroatoms. The molecule has 4 rings (SSSR count). The number of fused-ring (bicyclic) bond motifs is 3. The number of H-pyrrole nitrogens is 1. The van der Waals surface area contributed by atoms with Gasteiger partial charge in [0, 0.05) is 34.8 Å². The third kappa shape index (κ3) is 2.60. The van der Waals surface area contributed by atoms with E-state index in [1.807, 2.05) is 18.5 Å². The molecule has 0 atom stereocenters. The topological polar surface area (TPSA) is 41.6 Å². The van der Waals surface area contributed by atoms with E-state index in [9.17, 15) is 0 Å². The minimum Gasteiger partial charge on any atom is -0.339 e. The van der Waals surface area contributed by atoms with Crippen LogP contribution in [0.4, 0.5) is 0 Å². The van der Waals surface area contributed by atoms with Crippen LogP contribution in [-0.4, -0.2) is 15.0 Å². The van der Waals surface area contributed by atoms with Gasteiger partial charge in [0.05, 0.1) is 5.52 Å². The van der Waals surface area contributed by atoms with E-state index in [0.717, 1.165) is 11.2 Å². The van der Waals surface area contributed by atoms with Crippen LogP contribution < -0.4 is 0 Å². The van der Waals surface area contributed by atoms with Gasteiger partial charge >= 0.3 is 0 Å². The van der Waals surface area contributed by atoms with Gasteiger partial charge in [0.1, 0.15) is 5.65 Å². The lowest BCUT2D eigenvalue weighted by Gasteiger charge is -2.15. The van der Waals surface area contributed by atoms with Crippen molar-refractivity contribution < 1.29 is 0 Å². The summed E-state index contributed by atoms with van der Waals surface area (Å²) in [7, 11) is 0. The SMILES string of the molecule is c1cc2[nH]c3nc(C4CCCCCCCC4)ccc3c2cn1. The van der Waals surface area contributed by atoms with Crippen molar-refractivity contribution in [3.05, 3.63) is 36.3 Å². The van der Waals surface area contributed by atoms with Crippen molar-refractivity contribution in [3.8, 4) is 0 Å². The molecular weight excluding hydrogens is 270 g/mol. The Morgan fingerprint density at radius 2 is 1.64 bits per heavy atom. The number of nitrogens with one attached hydrogen (secondary N) is 1. The summed E-state index contributed by atoms with van der Waals surface area (Å²) in [5.41, 5.74) is 3.42. The molecule has 1 fully saturated rings. The molecule has 3 heterocycles. The fourth-order valence-corrected chi connectivity index (χ4v) is 3.79. The molecule has 0 aromatic carbocycles. The van der Waals surface area contributed by atoms with Crippen LogP contribution in [0.25, 0.3) is 21.9 Å². The van der Waals surface area contributed by atoms with Crippen LogP contribution in [0, 0.1) is 0 Å². The van der Waals surface area contributed by atoms with Gasteiger partial charge in [0.15, 0.2) is 0 Å². The maximum Gasteiger partial charge on any atom is 0.138 e. The average molecular weight is 293 g/mol. The summed E-state index contributed by atoms with van der Waals surface area (Å²) in [4.78, 5) is 12.6. The molecule has 3 aromatic rings. The first kappa shape index (κ1) is 13.7. The lowest BCUT2D eigenvalue weighted by atomic mass is 9.93. The molecule has 3 nitrogen and oxygen atoms in total. The Labute approximate surface area is 131 Å². The smallest absolute Gasteiger partial charge is 0.138 e. The Balaban J connectivity index is 1.70. The molecule has 1 aliphatic rings. The molecule has 22 heavy (non-hydrogen) atoms. The minimum atomic E-state index is 0.632. The van der Waals surface area contributed by atoms with Crippen LogP contribution in [0.2, 0.25) is 0 Å². The molecule has 1 saturated carbocycles. The first-order valence-corrected chi connectivity index (χ1v) is 8.64. The summed E-state index contributed by atoms with van der Waals surface area (Å²) >= 11 is 0. The van der Waals surface area contributed by atoms with Crippen LogP contribution in [0.5, 0.6) is 0 Å². The molecule has 0 radical (unpaired) electrons. The summed E-state index contributed by atoms with van der Waals surface area (Å²) in [5, 5.41) is 2.36. The van der Waals surface area contributed by atoms with Crippen molar-refractivity contribution in [1.82, 2.24) is 15.0 Å². The Morgan fingerprint density at radius 3 is 2.45 bits per heavy atom. The summed E-state index contributed by atoms with van der Waals surface area (Å²) in [6, 6.07) is 6.49. The summed E-state index contributed by atoms with van der Waals surface area (Å²) in [6.07, 6.45) is 14.6. The Hall–Kier alpha value is -1.90. The molecule has 0 amide bonds. The first-order valence-electron chi connectivity index (χ1n) is 8.64. The average Bonchev–Trinajstić information content (AvgIpc) is 2.98. The largest absolute Gasteiger partial charge is 0.339 e. The molecule has 1 aliphatic carbocycles. The highest BCUT2D eigenvalue weighted by Gasteiger charge is 2.16. The van der Waals surface area contributed by atoms with E-state index in [1.54, 1.807) is 0 Å². The van der Waals surface area contributed by atoms with E-state index in [-0.39, 0.29) is 0 Å². The number of nitrogens with zero attached hydrogens (tertiary/aromatic N) is 2. The molecule has 0 unspecified atom stereocenters.